The number of hydrogen-bond acceptors (Lipinski definition) is 3. The molecule has 0 heterocycles. The van der Waals surface area contributed by atoms with Crippen molar-refractivity contribution in [2.75, 3.05) is 25.0 Å². The largest absolute Gasteiger partial charge is 0.484 e. The quantitative estimate of drug-likeness (QED) is 0.678. The third kappa shape index (κ3) is 6.43. The van der Waals surface area contributed by atoms with Crippen LogP contribution in [-0.2, 0) is 11.2 Å². The number of urea groups is 1. The number of rotatable bonds is 8. The first kappa shape index (κ1) is 19.2. The van der Waals surface area contributed by atoms with E-state index >= 15 is 0 Å². The molecule has 3 amide bonds. The molecule has 0 aliphatic heterocycles. The molecule has 2 aromatic rings. The number of hydrogen-bond donors (Lipinski definition) is 3. The zero-order valence-electron chi connectivity index (χ0n) is 14.5. The molecule has 0 unspecified atom stereocenters. The zero-order chi connectivity index (χ0) is 18.8. The molecule has 2 aromatic carbocycles. The lowest BCUT2D eigenvalue weighted by Crippen LogP contribution is -2.30. The first-order valence-corrected chi connectivity index (χ1v) is 8.36. The van der Waals surface area contributed by atoms with Crippen molar-refractivity contribution in [3.63, 3.8) is 0 Å². The Morgan fingerprint density at radius 1 is 1.08 bits per heavy atom. The molecule has 0 atom stereocenters. The van der Waals surface area contributed by atoms with E-state index in [1.165, 1.54) is 6.07 Å². The van der Waals surface area contributed by atoms with Crippen molar-refractivity contribution in [3.05, 3.63) is 59.9 Å². The minimum Gasteiger partial charge on any atom is -0.484 e. The van der Waals surface area contributed by atoms with Gasteiger partial charge in [-0.2, -0.15) is 0 Å². The Labute approximate surface area is 151 Å². The van der Waals surface area contributed by atoms with Gasteiger partial charge < -0.3 is 20.7 Å². The summed E-state index contributed by atoms with van der Waals surface area (Å²) in [5.74, 6) is -0.0242. The lowest BCUT2D eigenvalue weighted by Gasteiger charge is -2.10. The Morgan fingerprint density at radius 2 is 1.88 bits per heavy atom. The summed E-state index contributed by atoms with van der Waals surface area (Å²) < 4.78 is 18.9. The summed E-state index contributed by atoms with van der Waals surface area (Å²) in [5.41, 5.74) is 1.08. The summed E-state index contributed by atoms with van der Waals surface area (Å²) >= 11 is 0. The highest BCUT2D eigenvalue weighted by Crippen LogP contribution is 2.17. The number of carbonyl (C=O) groups is 2. The standard InChI is InChI=1S/C19H22FN3O3/c1-2-21-18(24)13-26-16-8-5-7-15(12-16)23-19(25)22-11-10-14-6-3-4-9-17(14)20/h3-9,12H,2,10-11,13H2,1H3,(H,21,24)(H2,22,23,25). The maximum absolute atomic E-state index is 13.5. The third-order valence-corrected chi connectivity index (χ3v) is 3.47. The van der Waals surface area contributed by atoms with E-state index in [0.29, 0.717) is 36.5 Å². The fourth-order valence-electron chi connectivity index (χ4n) is 2.25. The Bertz CT molecular complexity index is 752. The smallest absolute Gasteiger partial charge is 0.319 e. The van der Waals surface area contributed by atoms with Gasteiger partial charge in [-0.1, -0.05) is 24.3 Å². The number of anilines is 1. The van der Waals surface area contributed by atoms with Crippen LogP contribution >= 0.6 is 0 Å². The van der Waals surface area contributed by atoms with Crippen LogP contribution in [0.3, 0.4) is 0 Å². The van der Waals surface area contributed by atoms with Gasteiger partial charge in [0.05, 0.1) is 0 Å². The van der Waals surface area contributed by atoms with Crippen molar-refractivity contribution in [2.24, 2.45) is 0 Å². The van der Waals surface area contributed by atoms with E-state index in [1.807, 2.05) is 6.92 Å². The summed E-state index contributed by atoms with van der Waals surface area (Å²) in [6.07, 6.45) is 0.399. The topological polar surface area (TPSA) is 79.5 Å². The number of nitrogens with one attached hydrogen (secondary N) is 3. The summed E-state index contributed by atoms with van der Waals surface area (Å²) in [6, 6.07) is 12.8. The lowest BCUT2D eigenvalue weighted by atomic mass is 10.1. The molecule has 0 fully saturated rings. The Morgan fingerprint density at radius 3 is 2.65 bits per heavy atom. The summed E-state index contributed by atoms with van der Waals surface area (Å²) in [4.78, 5) is 23.3. The molecule has 0 radical (unpaired) electrons. The SMILES string of the molecule is CCNC(=O)COc1cccc(NC(=O)NCCc2ccccc2F)c1. The molecule has 0 aliphatic carbocycles. The molecular weight excluding hydrogens is 337 g/mol. The van der Waals surface area contributed by atoms with Gasteiger partial charge in [-0.05, 0) is 37.1 Å². The second-order valence-electron chi connectivity index (χ2n) is 5.49. The minimum absolute atomic E-state index is 0.0911. The van der Waals surface area contributed by atoms with E-state index in [-0.39, 0.29) is 18.3 Å². The molecule has 0 saturated heterocycles. The Hall–Kier alpha value is -3.09. The molecule has 138 valence electrons. The molecule has 0 bridgehead atoms. The predicted molar refractivity (Wildman–Crippen MR) is 97.7 cm³/mol. The van der Waals surface area contributed by atoms with Crippen LogP contribution in [0.2, 0.25) is 0 Å². The molecule has 0 saturated carbocycles. The second-order valence-corrected chi connectivity index (χ2v) is 5.49. The molecule has 0 spiro atoms. The normalized spacial score (nSPS) is 10.1. The lowest BCUT2D eigenvalue weighted by molar-refractivity contribution is -0.122. The number of likely N-dealkylation sites (N-methyl/N-ethyl adjacent to an activating group) is 1. The predicted octanol–water partition coefficient (Wildman–Crippen LogP) is 2.70. The van der Waals surface area contributed by atoms with Crippen molar-refractivity contribution >= 4 is 17.6 Å². The number of halogens is 1. The fourth-order valence-corrected chi connectivity index (χ4v) is 2.25. The van der Waals surface area contributed by atoms with Crippen LogP contribution in [0, 0.1) is 5.82 Å². The van der Waals surface area contributed by atoms with Crippen molar-refractivity contribution < 1.29 is 18.7 Å². The van der Waals surface area contributed by atoms with Crippen molar-refractivity contribution in [3.8, 4) is 5.75 Å². The van der Waals surface area contributed by atoms with Crippen LogP contribution in [0.1, 0.15) is 12.5 Å². The summed E-state index contributed by atoms with van der Waals surface area (Å²) in [6.45, 7) is 2.58. The first-order chi connectivity index (χ1) is 12.6. The van der Waals surface area contributed by atoms with E-state index < -0.39 is 6.03 Å². The molecule has 2 rings (SSSR count). The van der Waals surface area contributed by atoms with Crippen LogP contribution in [-0.4, -0.2) is 31.6 Å². The highest BCUT2D eigenvalue weighted by Gasteiger charge is 2.06. The van der Waals surface area contributed by atoms with Gasteiger partial charge in [-0.3, -0.25) is 4.79 Å². The zero-order valence-corrected chi connectivity index (χ0v) is 14.5. The fraction of sp³-hybridized carbons (Fsp3) is 0.263. The Kier molecular flexibility index (Phi) is 7.42. The van der Waals surface area contributed by atoms with Gasteiger partial charge in [0.25, 0.3) is 5.91 Å². The number of ether oxygens (including phenoxy) is 1. The maximum atomic E-state index is 13.5. The molecule has 0 aliphatic rings. The van der Waals surface area contributed by atoms with Gasteiger partial charge in [0.2, 0.25) is 0 Å². The van der Waals surface area contributed by atoms with Gasteiger partial charge >= 0.3 is 6.03 Å². The van der Waals surface area contributed by atoms with E-state index in [1.54, 1.807) is 42.5 Å². The van der Waals surface area contributed by atoms with Gasteiger partial charge in [0.15, 0.2) is 6.61 Å². The van der Waals surface area contributed by atoms with E-state index in [2.05, 4.69) is 16.0 Å². The van der Waals surface area contributed by atoms with Gasteiger partial charge in [-0.25, -0.2) is 9.18 Å². The third-order valence-electron chi connectivity index (χ3n) is 3.47. The van der Waals surface area contributed by atoms with E-state index in [0.717, 1.165) is 0 Å². The molecular formula is C19H22FN3O3. The van der Waals surface area contributed by atoms with Crippen molar-refractivity contribution in [1.29, 1.82) is 0 Å². The van der Waals surface area contributed by atoms with Crippen LogP contribution < -0.4 is 20.7 Å². The van der Waals surface area contributed by atoms with E-state index in [9.17, 15) is 14.0 Å². The molecule has 26 heavy (non-hydrogen) atoms. The average molecular weight is 359 g/mol. The molecule has 6 nitrogen and oxygen atoms in total. The summed E-state index contributed by atoms with van der Waals surface area (Å²) in [5, 5.41) is 7.98. The van der Waals surface area contributed by atoms with Crippen LogP contribution in [0.5, 0.6) is 5.75 Å². The van der Waals surface area contributed by atoms with Crippen LogP contribution in [0.15, 0.2) is 48.5 Å². The number of amides is 3. The molecule has 7 heteroatoms. The van der Waals surface area contributed by atoms with Crippen LogP contribution in [0.25, 0.3) is 0 Å². The maximum Gasteiger partial charge on any atom is 0.319 e. The number of benzene rings is 2. The first-order valence-electron chi connectivity index (χ1n) is 8.36. The minimum atomic E-state index is -0.401. The average Bonchev–Trinajstić information content (AvgIpc) is 2.62. The van der Waals surface area contributed by atoms with Crippen molar-refractivity contribution in [2.45, 2.75) is 13.3 Å². The highest BCUT2D eigenvalue weighted by atomic mass is 19.1. The highest BCUT2D eigenvalue weighted by molar-refractivity contribution is 5.89. The number of carbonyl (C=O) groups excluding carboxylic acids is 2. The molecule has 3 N–H and O–H groups in total. The second kappa shape index (κ2) is 10.0. The Balaban J connectivity index is 1.78. The monoisotopic (exact) mass is 359 g/mol. The van der Waals surface area contributed by atoms with Gasteiger partial charge in [0, 0.05) is 24.8 Å². The van der Waals surface area contributed by atoms with Crippen molar-refractivity contribution in [1.82, 2.24) is 10.6 Å². The van der Waals surface area contributed by atoms with Gasteiger partial charge in [0.1, 0.15) is 11.6 Å². The van der Waals surface area contributed by atoms with E-state index in [4.69, 9.17) is 4.74 Å². The van der Waals surface area contributed by atoms with Gasteiger partial charge in [-0.15, -0.1) is 0 Å². The van der Waals surface area contributed by atoms with Crippen LogP contribution in [0.4, 0.5) is 14.9 Å². The molecule has 0 aromatic heterocycles. The summed E-state index contributed by atoms with van der Waals surface area (Å²) in [7, 11) is 0.